The summed E-state index contributed by atoms with van der Waals surface area (Å²) < 4.78 is 52.9. The minimum atomic E-state index is -4.31. The molecule has 2 saturated heterocycles. The van der Waals surface area contributed by atoms with Crippen LogP contribution in [0.3, 0.4) is 0 Å². The summed E-state index contributed by atoms with van der Waals surface area (Å²) in [5, 5.41) is 0. The van der Waals surface area contributed by atoms with Gasteiger partial charge in [0.2, 0.25) is 0 Å². The van der Waals surface area contributed by atoms with Crippen LogP contribution < -0.4 is 21.3 Å². The van der Waals surface area contributed by atoms with Crippen LogP contribution >= 0.6 is 0 Å². The van der Waals surface area contributed by atoms with Crippen molar-refractivity contribution < 1.29 is 17.6 Å². The second-order valence-corrected chi connectivity index (χ2v) is 18.9. The van der Waals surface area contributed by atoms with Crippen molar-refractivity contribution in [2.24, 2.45) is 0 Å². The van der Waals surface area contributed by atoms with Crippen LogP contribution in [0.4, 0.5) is 40.3 Å². The van der Waals surface area contributed by atoms with Crippen LogP contribution in [0.1, 0.15) is 42.6 Å². The Morgan fingerprint density at radius 2 is 0.880 bits per heavy atom. The molecule has 0 atom stereocenters. The van der Waals surface area contributed by atoms with Crippen LogP contribution in [0.5, 0.6) is 0 Å². The number of piperazine rings is 2. The van der Waals surface area contributed by atoms with Crippen molar-refractivity contribution in [1.29, 1.82) is 0 Å². The molecule has 0 amide bonds. The highest BCUT2D eigenvalue weighted by Crippen LogP contribution is 2.32. The van der Waals surface area contributed by atoms with Gasteiger partial charge in [0.15, 0.2) is 0 Å². The Morgan fingerprint density at radius 1 is 0.440 bits per heavy atom. The van der Waals surface area contributed by atoms with Crippen LogP contribution in [0.15, 0.2) is 189 Å². The molecule has 13 heteroatoms. The summed E-state index contributed by atoms with van der Waals surface area (Å²) in [6.45, 7) is 8.89. The van der Waals surface area contributed by atoms with E-state index in [0.29, 0.717) is 5.69 Å². The molecule has 2 aliphatic rings. The van der Waals surface area contributed by atoms with Crippen molar-refractivity contribution in [2.75, 3.05) is 86.7 Å². The van der Waals surface area contributed by atoms with Gasteiger partial charge in [-0.3, -0.25) is 24.8 Å². The molecule has 4 N–H and O–H groups in total. The lowest BCUT2D eigenvalue weighted by Gasteiger charge is -2.36. The van der Waals surface area contributed by atoms with Crippen LogP contribution in [0.25, 0.3) is 33.4 Å². The lowest BCUT2D eigenvalue weighted by atomic mass is 10.1. The number of anilines is 4. The van der Waals surface area contributed by atoms with E-state index in [4.69, 9.17) is 11.5 Å². The van der Waals surface area contributed by atoms with Crippen LogP contribution in [-0.2, 0) is 19.0 Å². The SMILES string of the molecule is Nc1cc(-c2ccccc2)cnc1CCCCN1CCN(c2cccc(C(F)(F)F)c2)CC1.Nc1cc(-c2ccccc2)cnc1CCCCN1CCN(c2ccccc2F)CC1.c1ccc(-c2ccncc2)cc1. The third-order valence-electron chi connectivity index (χ3n) is 13.8. The van der Waals surface area contributed by atoms with E-state index in [-0.39, 0.29) is 5.82 Å². The van der Waals surface area contributed by atoms with Crippen LogP contribution in [0, 0.1) is 5.82 Å². The number of aromatic nitrogens is 3. The minimum Gasteiger partial charge on any atom is -0.397 e. The van der Waals surface area contributed by atoms with E-state index in [9.17, 15) is 17.6 Å². The normalized spacial score (nSPS) is 14.1. The summed E-state index contributed by atoms with van der Waals surface area (Å²) in [5.74, 6) is -0.130. The van der Waals surface area contributed by atoms with Gasteiger partial charge in [0.25, 0.3) is 0 Å². The number of nitrogen functional groups attached to an aromatic ring is 2. The Labute approximate surface area is 439 Å². The molecule has 0 unspecified atom stereocenters. The molecule has 2 fully saturated rings. The number of benzene rings is 5. The Morgan fingerprint density at radius 3 is 1.35 bits per heavy atom. The Hall–Kier alpha value is -7.61. The molecule has 3 aromatic heterocycles. The fourth-order valence-electron chi connectivity index (χ4n) is 9.47. The van der Waals surface area contributed by atoms with E-state index in [2.05, 4.69) is 53.9 Å². The first-order valence-corrected chi connectivity index (χ1v) is 26.0. The number of rotatable bonds is 15. The molecule has 9 nitrogen and oxygen atoms in total. The molecule has 0 spiro atoms. The van der Waals surface area contributed by atoms with Gasteiger partial charge in [-0.25, -0.2) is 4.39 Å². The smallest absolute Gasteiger partial charge is 0.397 e. The van der Waals surface area contributed by atoms with E-state index in [1.807, 2.05) is 133 Å². The van der Waals surface area contributed by atoms with E-state index < -0.39 is 11.7 Å². The summed E-state index contributed by atoms with van der Waals surface area (Å²) >= 11 is 0. The number of hydrogen-bond donors (Lipinski definition) is 2. The number of para-hydroxylation sites is 1. The van der Waals surface area contributed by atoms with Crippen molar-refractivity contribution in [2.45, 2.75) is 44.7 Å². The van der Waals surface area contributed by atoms with Gasteiger partial charge in [0.1, 0.15) is 5.82 Å². The maximum absolute atomic E-state index is 14.0. The maximum Gasteiger partial charge on any atom is 0.416 e. The Bertz CT molecular complexity index is 2910. The molecule has 75 heavy (non-hydrogen) atoms. The Kier molecular flexibility index (Phi) is 19.4. The van der Waals surface area contributed by atoms with Gasteiger partial charge in [-0.2, -0.15) is 13.2 Å². The zero-order valence-electron chi connectivity index (χ0n) is 42.5. The van der Waals surface area contributed by atoms with Crippen molar-refractivity contribution >= 4 is 22.7 Å². The summed E-state index contributed by atoms with van der Waals surface area (Å²) in [6, 6.07) is 51.2. The van der Waals surface area contributed by atoms with Gasteiger partial charge in [-0.1, -0.05) is 109 Å². The zero-order chi connectivity index (χ0) is 52.2. The predicted octanol–water partition coefficient (Wildman–Crippen LogP) is 12.9. The molecule has 8 aromatic rings. The van der Waals surface area contributed by atoms with Crippen molar-refractivity contribution in [3.8, 4) is 33.4 Å². The lowest BCUT2D eigenvalue weighted by Crippen LogP contribution is -2.46. The fourth-order valence-corrected chi connectivity index (χ4v) is 9.47. The largest absolute Gasteiger partial charge is 0.416 e. The zero-order valence-corrected chi connectivity index (χ0v) is 42.5. The van der Waals surface area contributed by atoms with E-state index >= 15 is 0 Å². The monoisotopic (exact) mass is 1010 g/mol. The number of halogens is 4. The van der Waals surface area contributed by atoms with E-state index in [1.54, 1.807) is 12.1 Å². The molecule has 0 radical (unpaired) electrons. The number of unbranched alkanes of at least 4 members (excludes halogenated alkanes) is 2. The summed E-state index contributed by atoms with van der Waals surface area (Å²) in [7, 11) is 0. The van der Waals surface area contributed by atoms with Gasteiger partial charge >= 0.3 is 6.18 Å². The van der Waals surface area contributed by atoms with Crippen LogP contribution in [-0.4, -0.2) is 90.2 Å². The number of nitrogens with two attached hydrogens (primary N) is 2. The predicted molar refractivity (Wildman–Crippen MR) is 299 cm³/mol. The molecule has 388 valence electrons. The van der Waals surface area contributed by atoms with Crippen molar-refractivity contribution in [3.63, 3.8) is 0 Å². The van der Waals surface area contributed by atoms with Gasteiger partial charge < -0.3 is 21.3 Å². The highest BCUT2D eigenvalue weighted by atomic mass is 19.4. The second-order valence-electron chi connectivity index (χ2n) is 18.9. The first-order chi connectivity index (χ1) is 36.6. The van der Waals surface area contributed by atoms with Crippen LogP contribution in [0.2, 0.25) is 0 Å². The number of nitrogens with zero attached hydrogens (tertiary/aromatic N) is 7. The fraction of sp³-hybridized carbons (Fsp3) is 0.274. The van der Waals surface area contributed by atoms with Gasteiger partial charge in [-0.15, -0.1) is 0 Å². The minimum absolute atomic E-state index is 0.130. The topological polar surface area (TPSA) is 104 Å². The number of aryl methyl sites for hydroxylation is 2. The van der Waals surface area contributed by atoms with Crippen molar-refractivity contribution in [1.82, 2.24) is 24.8 Å². The lowest BCUT2D eigenvalue weighted by molar-refractivity contribution is -0.137. The maximum atomic E-state index is 14.0. The summed E-state index contributed by atoms with van der Waals surface area (Å²) in [4.78, 5) is 22.2. The molecule has 2 aliphatic heterocycles. The standard InChI is InChI=1S/C26H29F3N4.C25H29FN4.C11H9N/c27-26(28,29)22-9-6-10-23(18-22)33-15-13-32(14-16-33)12-5-4-11-25-24(30)17-21(19-31-25)20-7-2-1-3-8-20;26-22-10-4-5-12-25(22)30-16-14-29(15-17-30)13-7-6-11-24-23(27)18-21(19-28-24)20-8-2-1-3-9-20;1-2-4-10(5-3-1)11-6-8-12-9-7-11/h1-3,6-10,17-19H,4-5,11-16,30H2;1-5,8-10,12,18-19H,6-7,11,13-17,27H2;1-9H. The van der Waals surface area contributed by atoms with Gasteiger partial charge in [0.05, 0.1) is 34.0 Å². The van der Waals surface area contributed by atoms with Gasteiger partial charge in [-0.05, 0) is 128 Å². The first-order valence-electron chi connectivity index (χ1n) is 26.0. The second kappa shape index (κ2) is 27.1. The molecule has 0 saturated carbocycles. The highest BCUT2D eigenvalue weighted by Gasteiger charge is 2.31. The average Bonchev–Trinajstić information content (AvgIpc) is 3.45. The quantitative estimate of drug-likeness (QED) is 0.0767. The third-order valence-corrected chi connectivity index (χ3v) is 13.8. The highest BCUT2D eigenvalue weighted by molar-refractivity contribution is 5.68. The molecule has 10 rings (SSSR count). The average molecular weight is 1010 g/mol. The summed E-state index contributed by atoms with van der Waals surface area (Å²) in [6.07, 6.45) is 9.05. The first kappa shape index (κ1) is 53.7. The number of pyridine rings is 3. The van der Waals surface area contributed by atoms with Gasteiger partial charge in [0, 0.05) is 94.0 Å². The molecule has 5 heterocycles. The number of hydrogen-bond acceptors (Lipinski definition) is 9. The molecular formula is C62H67F4N9. The number of alkyl halides is 3. The molecule has 0 aliphatic carbocycles. The summed E-state index contributed by atoms with van der Waals surface area (Å²) in [5.41, 5.74) is 23.5. The Balaban J connectivity index is 0.000000164. The van der Waals surface area contributed by atoms with Crippen molar-refractivity contribution in [3.05, 3.63) is 211 Å². The van der Waals surface area contributed by atoms with E-state index in [1.165, 1.54) is 29.3 Å². The third kappa shape index (κ3) is 15.9. The molecular weight excluding hydrogens is 947 g/mol. The molecule has 5 aromatic carbocycles. The van der Waals surface area contributed by atoms with E-state index in [0.717, 1.165) is 161 Å². The molecule has 0 bridgehead atoms.